The average molecular weight is 311 g/mol. The van der Waals surface area contributed by atoms with Gasteiger partial charge in [-0.15, -0.1) is 5.10 Å². The fourth-order valence-corrected chi connectivity index (χ4v) is 2.54. The van der Waals surface area contributed by atoms with E-state index in [0.29, 0.717) is 22.8 Å². The van der Waals surface area contributed by atoms with E-state index >= 15 is 0 Å². The van der Waals surface area contributed by atoms with Gasteiger partial charge in [0.1, 0.15) is 6.04 Å². The second kappa shape index (κ2) is 5.46. The third-order valence-electron chi connectivity index (χ3n) is 3.60. The molecular weight excluding hydrogens is 298 g/mol. The van der Waals surface area contributed by atoms with Gasteiger partial charge < -0.3 is 15.2 Å². The summed E-state index contributed by atoms with van der Waals surface area (Å²) in [6.07, 6.45) is 0. The van der Waals surface area contributed by atoms with E-state index in [-0.39, 0.29) is 11.6 Å². The van der Waals surface area contributed by atoms with Crippen LogP contribution in [0.1, 0.15) is 24.1 Å². The number of hydrogen-bond acceptors (Lipinski definition) is 6. The van der Waals surface area contributed by atoms with Crippen LogP contribution in [-0.4, -0.2) is 33.0 Å². The van der Waals surface area contributed by atoms with E-state index in [9.17, 15) is 9.90 Å². The molecule has 1 aromatic carbocycles. The van der Waals surface area contributed by atoms with Crippen LogP contribution in [-0.2, 0) is 4.79 Å². The predicted octanol–water partition coefficient (Wildman–Crippen LogP) is 1.53. The summed E-state index contributed by atoms with van der Waals surface area (Å²) in [5.41, 5.74) is 1.83. The molecule has 1 atom stereocenters. The number of aliphatic carboxylic acids is 1. The smallest absolute Gasteiger partial charge is 0.337 e. The van der Waals surface area contributed by atoms with Crippen LogP contribution < -0.4 is 10.1 Å². The van der Waals surface area contributed by atoms with Gasteiger partial charge in [-0.1, -0.05) is 12.1 Å². The Morgan fingerprint density at radius 1 is 1.43 bits per heavy atom. The van der Waals surface area contributed by atoms with E-state index in [4.69, 9.17) is 10.00 Å². The van der Waals surface area contributed by atoms with Gasteiger partial charge in [0.25, 0.3) is 0 Å². The Hall–Kier alpha value is -3.34. The van der Waals surface area contributed by atoms with Crippen molar-refractivity contribution >= 4 is 11.9 Å². The van der Waals surface area contributed by atoms with Gasteiger partial charge in [0.05, 0.1) is 24.3 Å². The maximum atomic E-state index is 11.7. The number of allylic oxidation sites excluding steroid dienone is 1. The summed E-state index contributed by atoms with van der Waals surface area (Å²) in [5.74, 6) is -0.650. The van der Waals surface area contributed by atoms with E-state index in [1.54, 1.807) is 31.2 Å². The fourth-order valence-electron chi connectivity index (χ4n) is 2.54. The molecule has 2 aromatic rings. The topological polar surface area (TPSA) is 113 Å². The van der Waals surface area contributed by atoms with Crippen molar-refractivity contribution < 1.29 is 14.6 Å². The van der Waals surface area contributed by atoms with E-state index in [1.165, 1.54) is 11.8 Å². The summed E-state index contributed by atoms with van der Waals surface area (Å²) < 4.78 is 6.50. The lowest BCUT2D eigenvalue weighted by atomic mass is 9.95. The normalized spacial score (nSPS) is 16.3. The van der Waals surface area contributed by atoms with Crippen LogP contribution in [0.4, 0.5) is 5.95 Å². The highest BCUT2D eigenvalue weighted by Gasteiger charge is 2.34. The van der Waals surface area contributed by atoms with Gasteiger partial charge in [0, 0.05) is 5.70 Å². The highest BCUT2D eigenvalue weighted by Crippen LogP contribution is 2.35. The highest BCUT2D eigenvalue weighted by molar-refractivity contribution is 5.90. The molecule has 23 heavy (non-hydrogen) atoms. The zero-order chi connectivity index (χ0) is 16.6. The molecule has 1 aromatic heterocycles. The molecule has 2 N–H and O–H groups in total. The summed E-state index contributed by atoms with van der Waals surface area (Å²) in [4.78, 5) is 15.9. The van der Waals surface area contributed by atoms with Gasteiger partial charge in [-0.3, -0.25) is 0 Å². The third-order valence-corrected chi connectivity index (χ3v) is 3.60. The van der Waals surface area contributed by atoms with Crippen molar-refractivity contribution in [1.29, 1.82) is 5.26 Å². The Morgan fingerprint density at radius 3 is 2.70 bits per heavy atom. The zero-order valence-electron chi connectivity index (χ0n) is 12.4. The summed E-state index contributed by atoms with van der Waals surface area (Å²) in [6.45, 7) is 1.67. The van der Waals surface area contributed by atoms with Crippen molar-refractivity contribution in [2.45, 2.75) is 13.0 Å². The number of anilines is 1. The molecule has 0 fully saturated rings. The number of hydrogen-bond donors (Lipinski definition) is 2. The standard InChI is InChI=1S/C15H13N5O3/c1-8-11(13(21)22)12(10-5-3-9(7-16)4-6-10)20-14(17-8)18-15(19-20)23-2/h3-6,12H,1-2H3,(H,21,22)(H,17,18,19). The van der Waals surface area contributed by atoms with Gasteiger partial charge in [0.2, 0.25) is 5.95 Å². The Kier molecular flexibility index (Phi) is 3.46. The van der Waals surface area contributed by atoms with E-state index < -0.39 is 12.0 Å². The lowest BCUT2D eigenvalue weighted by molar-refractivity contribution is -0.133. The van der Waals surface area contributed by atoms with Gasteiger partial charge in [0.15, 0.2) is 0 Å². The number of aromatic nitrogens is 3. The zero-order valence-corrected chi connectivity index (χ0v) is 12.4. The highest BCUT2D eigenvalue weighted by atomic mass is 16.5. The summed E-state index contributed by atoms with van der Waals surface area (Å²) >= 11 is 0. The van der Waals surface area contributed by atoms with Gasteiger partial charge >= 0.3 is 12.0 Å². The lowest BCUT2D eigenvalue weighted by Crippen LogP contribution is -2.28. The van der Waals surface area contributed by atoms with Crippen LogP contribution >= 0.6 is 0 Å². The maximum Gasteiger partial charge on any atom is 0.337 e. The molecule has 0 spiro atoms. The van der Waals surface area contributed by atoms with Gasteiger partial charge in [-0.25, -0.2) is 9.48 Å². The monoisotopic (exact) mass is 311 g/mol. The Bertz CT molecular complexity index is 845. The molecule has 0 aliphatic carbocycles. The summed E-state index contributed by atoms with van der Waals surface area (Å²) in [6, 6.07) is 8.22. The van der Waals surface area contributed by atoms with Crippen molar-refractivity contribution in [2.75, 3.05) is 12.4 Å². The Morgan fingerprint density at radius 2 is 2.13 bits per heavy atom. The Balaban J connectivity index is 2.18. The molecule has 1 unspecified atom stereocenters. The number of rotatable bonds is 3. The quantitative estimate of drug-likeness (QED) is 0.883. The number of carbonyl (C=O) groups is 1. The second-order valence-corrected chi connectivity index (χ2v) is 4.97. The largest absolute Gasteiger partial charge is 0.478 e. The molecule has 1 aliphatic heterocycles. The van der Waals surface area contributed by atoms with Gasteiger partial charge in [-0.05, 0) is 24.6 Å². The van der Waals surface area contributed by atoms with Crippen molar-refractivity contribution in [3.8, 4) is 12.1 Å². The molecule has 0 saturated heterocycles. The van der Waals surface area contributed by atoms with E-state index in [2.05, 4.69) is 15.4 Å². The number of nitriles is 1. The first kappa shape index (κ1) is 14.6. The number of nitrogens with zero attached hydrogens (tertiary/aromatic N) is 4. The van der Waals surface area contributed by atoms with Crippen LogP contribution in [0.25, 0.3) is 0 Å². The van der Waals surface area contributed by atoms with Crippen LogP contribution in [0.5, 0.6) is 6.01 Å². The Labute approximate surface area is 131 Å². The number of carboxylic acids is 1. The first-order valence-electron chi connectivity index (χ1n) is 6.77. The number of fused-ring (bicyclic) bond motifs is 1. The summed E-state index contributed by atoms with van der Waals surface area (Å²) in [5, 5.41) is 25.6. The number of methoxy groups -OCH3 is 1. The SMILES string of the molecule is COc1nc2n(n1)C(c1ccc(C#N)cc1)C(C(=O)O)=C(C)N2. The molecule has 3 rings (SSSR count). The van der Waals surface area contributed by atoms with Crippen molar-refractivity contribution in [2.24, 2.45) is 0 Å². The van der Waals surface area contributed by atoms with E-state index in [0.717, 1.165) is 0 Å². The molecule has 1 aliphatic rings. The first-order chi connectivity index (χ1) is 11.0. The number of ether oxygens (including phenoxy) is 1. The minimum absolute atomic E-state index is 0.144. The van der Waals surface area contributed by atoms with Crippen molar-refractivity contribution in [3.05, 3.63) is 46.7 Å². The molecule has 0 amide bonds. The molecule has 0 saturated carbocycles. The number of carboxylic acid groups (broad SMARTS) is 1. The molecule has 0 bridgehead atoms. The van der Waals surface area contributed by atoms with E-state index in [1.807, 2.05) is 6.07 Å². The molecular formula is C15H13N5O3. The van der Waals surface area contributed by atoms with Crippen LogP contribution in [0, 0.1) is 11.3 Å². The first-order valence-corrected chi connectivity index (χ1v) is 6.77. The number of nitrogens with one attached hydrogen (secondary N) is 1. The van der Waals surface area contributed by atoms with Crippen LogP contribution in [0.3, 0.4) is 0 Å². The van der Waals surface area contributed by atoms with Crippen molar-refractivity contribution in [3.63, 3.8) is 0 Å². The fraction of sp³-hybridized carbons (Fsp3) is 0.200. The van der Waals surface area contributed by atoms with Crippen molar-refractivity contribution in [1.82, 2.24) is 14.8 Å². The molecule has 116 valence electrons. The van der Waals surface area contributed by atoms with Gasteiger partial charge in [-0.2, -0.15) is 10.2 Å². The third kappa shape index (κ3) is 2.38. The molecule has 2 heterocycles. The summed E-state index contributed by atoms with van der Waals surface area (Å²) in [7, 11) is 1.44. The second-order valence-electron chi connectivity index (χ2n) is 4.97. The van der Waals surface area contributed by atoms with Crippen LogP contribution in [0.2, 0.25) is 0 Å². The molecule has 8 nitrogen and oxygen atoms in total. The van der Waals surface area contributed by atoms with Crippen LogP contribution in [0.15, 0.2) is 35.5 Å². The maximum absolute atomic E-state index is 11.7. The lowest BCUT2D eigenvalue weighted by Gasteiger charge is -2.26. The average Bonchev–Trinajstić information content (AvgIpc) is 2.96. The minimum Gasteiger partial charge on any atom is -0.478 e. The molecule has 8 heteroatoms. The number of benzene rings is 1. The minimum atomic E-state index is -1.05. The molecule has 0 radical (unpaired) electrons. The predicted molar refractivity (Wildman–Crippen MR) is 79.8 cm³/mol.